The number of pyridine rings is 1. The molecule has 0 spiro atoms. The van der Waals surface area contributed by atoms with Gasteiger partial charge in [-0.15, -0.1) is 5.92 Å². The van der Waals surface area contributed by atoms with Crippen LogP contribution < -0.4 is 25.6 Å². The normalized spacial score (nSPS) is 17.9. The van der Waals surface area contributed by atoms with Gasteiger partial charge in [0.05, 0.1) is 26.4 Å². The van der Waals surface area contributed by atoms with Crippen LogP contribution in [0, 0.1) is 11.8 Å². The summed E-state index contributed by atoms with van der Waals surface area (Å²) < 4.78 is 45.8. The number of nitrogens with one attached hydrogen (secondary N) is 1. The molecule has 0 aliphatic carbocycles. The summed E-state index contributed by atoms with van der Waals surface area (Å²) in [4.78, 5) is 37.8. The van der Waals surface area contributed by atoms with Gasteiger partial charge in [0, 0.05) is 37.9 Å². The van der Waals surface area contributed by atoms with Gasteiger partial charge in [0.15, 0.2) is 6.29 Å². The van der Waals surface area contributed by atoms with Gasteiger partial charge in [-0.2, -0.15) is 23.3 Å². The Bertz CT molecular complexity index is 1230. The molecule has 1 N–H and O–H groups in total. The molecule has 2 aliphatic rings. The summed E-state index contributed by atoms with van der Waals surface area (Å²) in [6, 6.07) is 3.40. The number of hydroxylamine groups is 1. The summed E-state index contributed by atoms with van der Waals surface area (Å²) >= 11 is 0. The molecule has 1 saturated heterocycles. The molecule has 0 aromatic carbocycles. The molecule has 1 atom stereocenters. The predicted molar refractivity (Wildman–Crippen MR) is 122 cm³/mol. The van der Waals surface area contributed by atoms with Crippen molar-refractivity contribution >= 4 is 17.3 Å². The highest BCUT2D eigenvalue weighted by Gasteiger charge is 2.49. The number of hydrogen-bond acceptors (Lipinski definition) is 10. The van der Waals surface area contributed by atoms with Gasteiger partial charge in [0.1, 0.15) is 11.4 Å². The molecular formula is C22H24F3N7O4. The molecule has 1 unspecified atom stereocenters. The van der Waals surface area contributed by atoms with Crippen LogP contribution in [-0.2, 0) is 16.2 Å². The molecule has 192 valence electrons. The number of rotatable bonds is 6. The Morgan fingerprint density at radius 2 is 2.06 bits per heavy atom. The molecule has 0 bridgehead atoms. The molecule has 4 rings (SSSR count). The van der Waals surface area contributed by atoms with Crippen molar-refractivity contribution in [3.05, 3.63) is 40.4 Å². The number of alkyl halides is 3. The van der Waals surface area contributed by atoms with E-state index >= 15 is 0 Å². The quantitative estimate of drug-likeness (QED) is 0.558. The second kappa shape index (κ2) is 10.4. The maximum atomic E-state index is 13.6. The van der Waals surface area contributed by atoms with Crippen LogP contribution in [0.15, 0.2) is 29.3 Å². The van der Waals surface area contributed by atoms with E-state index < -0.39 is 24.0 Å². The largest absolute Gasteiger partial charge is 0.493 e. The van der Waals surface area contributed by atoms with Crippen molar-refractivity contribution in [2.24, 2.45) is 0 Å². The summed E-state index contributed by atoms with van der Waals surface area (Å²) in [5, 5.41) is 8.12. The first kappa shape index (κ1) is 25.3. The lowest BCUT2D eigenvalue weighted by Crippen LogP contribution is -2.61. The second-order valence-corrected chi connectivity index (χ2v) is 7.90. The topological polar surface area (TPSA) is 105 Å². The summed E-state index contributed by atoms with van der Waals surface area (Å²) in [6.07, 6.45) is -3.51. The monoisotopic (exact) mass is 507 g/mol. The molecule has 2 aliphatic heterocycles. The highest BCUT2D eigenvalue weighted by Crippen LogP contribution is 2.38. The van der Waals surface area contributed by atoms with Gasteiger partial charge in [-0.05, 0) is 13.0 Å². The Labute approximate surface area is 204 Å². The third-order valence-electron chi connectivity index (χ3n) is 5.69. The van der Waals surface area contributed by atoms with Crippen LogP contribution in [0.4, 0.5) is 24.5 Å². The minimum atomic E-state index is -5.23. The average molecular weight is 507 g/mol. The van der Waals surface area contributed by atoms with Crippen LogP contribution in [0.5, 0.6) is 5.88 Å². The molecule has 4 heterocycles. The lowest BCUT2D eigenvalue weighted by molar-refractivity contribution is -0.203. The van der Waals surface area contributed by atoms with Gasteiger partial charge in [0.25, 0.3) is 5.56 Å². The SMILES string of the molecule is CC#CCN1c2c(cnn(Cc3cccnc3OC)c2=O)N(OC(=O)C(F)(F)F)C1N1CCNCC1. The van der Waals surface area contributed by atoms with Crippen LogP contribution >= 0.6 is 0 Å². The Kier molecular flexibility index (Phi) is 7.32. The first-order chi connectivity index (χ1) is 17.3. The van der Waals surface area contributed by atoms with Crippen LogP contribution in [-0.4, -0.2) is 77.9 Å². The number of halogens is 3. The van der Waals surface area contributed by atoms with E-state index in [1.807, 2.05) is 4.90 Å². The molecule has 36 heavy (non-hydrogen) atoms. The van der Waals surface area contributed by atoms with Crippen molar-refractivity contribution in [1.82, 2.24) is 25.0 Å². The van der Waals surface area contributed by atoms with E-state index in [9.17, 15) is 22.8 Å². The maximum absolute atomic E-state index is 13.6. The number of carbonyl (C=O) groups excluding carboxylic acids is 1. The Balaban J connectivity index is 1.81. The number of fused-ring (bicyclic) bond motifs is 1. The van der Waals surface area contributed by atoms with Crippen LogP contribution in [0.2, 0.25) is 0 Å². The van der Waals surface area contributed by atoms with Crippen molar-refractivity contribution in [3.8, 4) is 17.7 Å². The number of methoxy groups -OCH3 is 1. The van der Waals surface area contributed by atoms with E-state index in [1.54, 1.807) is 19.1 Å². The molecule has 1 fully saturated rings. The zero-order valence-electron chi connectivity index (χ0n) is 19.6. The van der Waals surface area contributed by atoms with Gasteiger partial charge in [-0.3, -0.25) is 9.69 Å². The van der Waals surface area contributed by atoms with Gasteiger partial charge in [-0.25, -0.2) is 14.5 Å². The summed E-state index contributed by atoms with van der Waals surface area (Å²) in [6.45, 7) is 3.60. The lowest BCUT2D eigenvalue weighted by Gasteiger charge is -2.40. The van der Waals surface area contributed by atoms with Gasteiger partial charge >= 0.3 is 12.1 Å². The van der Waals surface area contributed by atoms with E-state index in [-0.39, 0.29) is 24.5 Å². The molecular weight excluding hydrogens is 483 g/mol. The number of ether oxygens (including phenoxy) is 1. The average Bonchev–Trinajstić information content (AvgIpc) is 3.18. The fourth-order valence-corrected chi connectivity index (χ4v) is 4.09. The Morgan fingerprint density at radius 3 is 2.72 bits per heavy atom. The molecule has 11 nitrogen and oxygen atoms in total. The maximum Gasteiger partial charge on any atom is 0.493 e. The molecule has 0 amide bonds. The molecule has 0 saturated carbocycles. The molecule has 14 heteroatoms. The number of hydrogen-bond donors (Lipinski definition) is 1. The van der Waals surface area contributed by atoms with E-state index in [4.69, 9.17) is 9.57 Å². The van der Waals surface area contributed by atoms with Gasteiger partial charge in [0.2, 0.25) is 5.88 Å². The standard InChI is InChI=1S/C22H24F3N7O4/c1-3-4-10-30-17-16(13-28-31(19(17)33)14-15-6-5-7-27-18(15)35-2)32(36-20(34)22(23,24)25)21(30)29-11-8-26-9-12-29/h5-7,13,21,26H,8-12,14H2,1-2H3. The minimum Gasteiger partial charge on any atom is -0.481 e. The molecule has 2 aromatic heterocycles. The van der Waals surface area contributed by atoms with Gasteiger partial charge < -0.3 is 19.8 Å². The zero-order chi connectivity index (χ0) is 25.9. The first-order valence-electron chi connectivity index (χ1n) is 11.0. The van der Waals surface area contributed by atoms with Crippen molar-refractivity contribution in [2.75, 3.05) is 49.8 Å². The summed E-state index contributed by atoms with van der Waals surface area (Å²) in [5.74, 6) is 3.51. The van der Waals surface area contributed by atoms with E-state index in [0.717, 1.165) is 9.75 Å². The van der Waals surface area contributed by atoms with Crippen LogP contribution in [0.25, 0.3) is 0 Å². The summed E-state index contributed by atoms with van der Waals surface area (Å²) in [7, 11) is 1.45. The van der Waals surface area contributed by atoms with E-state index in [0.29, 0.717) is 37.6 Å². The smallest absolute Gasteiger partial charge is 0.481 e. The van der Waals surface area contributed by atoms with Crippen molar-refractivity contribution in [1.29, 1.82) is 0 Å². The lowest BCUT2D eigenvalue weighted by atomic mass is 10.2. The number of anilines is 2. The number of aromatic nitrogens is 3. The van der Waals surface area contributed by atoms with Crippen molar-refractivity contribution in [3.63, 3.8) is 0 Å². The fraction of sp³-hybridized carbons (Fsp3) is 0.455. The van der Waals surface area contributed by atoms with Crippen molar-refractivity contribution in [2.45, 2.75) is 25.9 Å². The van der Waals surface area contributed by atoms with E-state index in [2.05, 4.69) is 27.2 Å². The van der Waals surface area contributed by atoms with Crippen LogP contribution in [0.3, 0.4) is 0 Å². The minimum absolute atomic E-state index is 0.00291. The van der Waals surface area contributed by atoms with Crippen molar-refractivity contribution < 1.29 is 27.5 Å². The summed E-state index contributed by atoms with van der Waals surface area (Å²) in [5.41, 5.74) is -0.0593. The highest BCUT2D eigenvalue weighted by molar-refractivity contribution is 5.81. The Morgan fingerprint density at radius 1 is 1.31 bits per heavy atom. The third kappa shape index (κ3) is 4.93. The number of nitrogens with zero attached hydrogens (tertiary/aromatic N) is 6. The fourth-order valence-electron chi connectivity index (χ4n) is 4.09. The predicted octanol–water partition coefficient (Wildman–Crippen LogP) is 0.554. The number of piperazine rings is 1. The second-order valence-electron chi connectivity index (χ2n) is 7.90. The third-order valence-corrected chi connectivity index (χ3v) is 5.69. The van der Waals surface area contributed by atoms with Gasteiger partial charge in [-0.1, -0.05) is 12.0 Å². The molecule has 0 radical (unpaired) electrons. The zero-order valence-corrected chi connectivity index (χ0v) is 19.6. The van der Waals surface area contributed by atoms with Crippen LogP contribution in [0.1, 0.15) is 12.5 Å². The van der Waals surface area contributed by atoms with E-state index in [1.165, 1.54) is 24.4 Å². The Hall–Kier alpha value is -3.83. The first-order valence-corrected chi connectivity index (χ1v) is 11.0. The molecule has 2 aromatic rings. The highest BCUT2D eigenvalue weighted by atomic mass is 19.4. The number of carbonyl (C=O) groups is 1.